The number of hydrogen-bond donors (Lipinski definition) is 31. The number of primary amides is 3. The number of nitrogens with one attached hydrogen (secondary N) is 22. The van der Waals surface area contributed by atoms with E-state index in [1.807, 2.05) is 0 Å². The second kappa shape index (κ2) is 59.6. The average Bonchev–Trinajstić information content (AvgIpc) is 0.864. The Labute approximate surface area is 729 Å². The van der Waals surface area contributed by atoms with Crippen LogP contribution in [0.3, 0.4) is 0 Å². The van der Waals surface area contributed by atoms with Crippen molar-refractivity contribution in [3.8, 4) is 0 Å². The Balaban J connectivity index is 3.59. The van der Waals surface area contributed by atoms with Gasteiger partial charge in [-0.2, -0.15) is 0 Å². The second-order valence-electron chi connectivity index (χ2n) is 30.7. The fourth-order valence-corrected chi connectivity index (χ4v) is 12.1. The Hall–Kier alpha value is -13.2. The van der Waals surface area contributed by atoms with Gasteiger partial charge in [0.15, 0.2) is 17.9 Å². The van der Waals surface area contributed by atoms with Gasteiger partial charge in [-0.25, -0.2) is 0 Å². The number of rotatable bonds is 63. The Morgan fingerprint density at radius 1 is 0.365 bits per heavy atom. The van der Waals surface area contributed by atoms with E-state index in [4.69, 9.17) is 62.2 Å². The summed E-state index contributed by atoms with van der Waals surface area (Å²) >= 11 is 0. The zero-order valence-corrected chi connectivity index (χ0v) is 72.4. The van der Waals surface area contributed by atoms with Gasteiger partial charge >= 0.3 is 5.97 Å². The molecule has 0 spiro atoms. The summed E-state index contributed by atoms with van der Waals surface area (Å²) in [5, 5.41) is 77.1. The van der Waals surface area contributed by atoms with Crippen LogP contribution in [0, 0.1) is 28.1 Å². The largest absolute Gasteiger partial charge is 0.481 e. The summed E-state index contributed by atoms with van der Waals surface area (Å²) in [6.45, 7) is 11.0. The number of hydrogen-bond acceptors (Lipinski definition) is 25. The van der Waals surface area contributed by atoms with E-state index in [-0.39, 0.29) is 122 Å². The molecule has 0 radical (unpaired) electrons. The van der Waals surface area contributed by atoms with Crippen LogP contribution in [-0.4, -0.2) is 259 Å². The van der Waals surface area contributed by atoms with E-state index in [1.54, 1.807) is 44.2 Å². The molecule has 14 atom stereocenters. The van der Waals surface area contributed by atoms with Crippen LogP contribution < -0.4 is 147 Å². The average molecular weight is 1790 g/mol. The SMILES string of the molecule is CC(=O)N[C@@H](CCCCNN)C(=O)N[C@@H](CC(=O)O)C(=O)N[C@H](C(=O)N[C@@H](C)C(=O)N[C@@H](CC(N)=O)C(=O)N[C@@H](CCCNC(=N)N)C(=O)N[C@@H](Cc1ccccc1)C(=O)N[C@@H](C)C(=O)N[C@@H](CCCNC(=N)N)C(=O)N[C@@H](CCCCN)C(=O)NCC(=O)N[C@@H](C)C(=O)N[C@@H](CC(C)C)C(=O)N[C@@H](CCCNC(=N)N)C(=O)N[C@@H](CCC(N)=O)C(N)=O)C(C)C. The minimum Gasteiger partial charge on any atom is -0.481 e. The number of nitrogens with two attached hydrogens (primary N) is 8. The Morgan fingerprint density at radius 2 is 0.738 bits per heavy atom. The monoisotopic (exact) mass is 1790 g/mol. The summed E-state index contributed by atoms with van der Waals surface area (Å²) in [6.07, 6.45) is -1.70. The Kier molecular flexibility index (Phi) is 52.4. The molecule has 0 saturated carbocycles. The minimum absolute atomic E-state index is 0.00277. The molecule has 50 heteroatoms. The molecule has 0 saturated heterocycles. The van der Waals surface area contributed by atoms with Crippen LogP contribution in [0.15, 0.2) is 30.3 Å². The molecule has 0 aliphatic rings. The topological polar surface area (TPSA) is 853 Å². The minimum atomic E-state index is -1.89. The highest BCUT2D eigenvalue weighted by atomic mass is 16.4. The van der Waals surface area contributed by atoms with Crippen LogP contribution >= 0.6 is 0 Å². The number of hydrazine groups is 1. The molecule has 0 aliphatic carbocycles. The van der Waals surface area contributed by atoms with Gasteiger partial charge in [-0.05, 0) is 135 Å². The number of carboxylic acid groups (broad SMARTS) is 1. The molecule has 0 aromatic heterocycles. The van der Waals surface area contributed by atoms with Gasteiger partial charge < -0.3 is 141 Å². The predicted octanol–water partition coefficient (Wildman–Crippen LogP) is -10.4. The fourth-order valence-electron chi connectivity index (χ4n) is 12.1. The molecule has 706 valence electrons. The molecule has 1 rings (SSSR count). The van der Waals surface area contributed by atoms with Gasteiger partial charge in [0.2, 0.25) is 106 Å². The lowest BCUT2D eigenvalue weighted by Crippen LogP contribution is -2.61. The van der Waals surface area contributed by atoms with Crippen molar-refractivity contribution in [1.29, 1.82) is 16.2 Å². The van der Waals surface area contributed by atoms with Crippen molar-refractivity contribution in [3.05, 3.63) is 35.9 Å². The van der Waals surface area contributed by atoms with Gasteiger partial charge in [-0.3, -0.25) is 119 Å². The summed E-state index contributed by atoms with van der Waals surface area (Å²) in [6, 6.07) is -13.0. The third-order valence-corrected chi connectivity index (χ3v) is 18.8. The summed E-state index contributed by atoms with van der Waals surface area (Å²) in [5.41, 5.74) is 41.3. The van der Waals surface area contributed by atoms with E-state index in [9.17, 15) is 96.2 Å². The van der Waals surface area contributed by atoms with Crippen molar-refractivity contribution < 1.29 is 96.2 Å². The van der Waals surface area contributed by atoms with Gasteiger partial charge in [0, 0.05) is 45.9 Å². The lowest BCUT2D eigenvalue weighted by Gasteiger charge is -2.28. The maximum Gasteiger partial charge on any atom is 0.305 e. The molecule has 1 aromatic carbocycles. The first-order valence-corrected chi connectivity index (χ1v) is 41.2. The lowest BCUT2D eigenvalue weighted by atomic mass is 10.0. The van der Waals surface area contributed by atoms with Crippen LogP contribution in [0.1, 0.15) is 170 Å². The van der Waals surface area contributed by atoms with Crippen LogP contribution in [0.4, 0.5) is 0 Å². The highest BCUT2D eigenvalue weighted by Crippen LogP contribution is 2.14. The number of aliphatic carboxylic acids is 1. The van der Waals surface area contributed by atoms with Crippen molar-refractivity contribution in [2.75, 3.05) is 39.3 Å². The molecular weight excluding hydrogens is 1650 g/mol. The van der Waals surface area contributed by atoms with Crippen molar-refractivity contribution in [3.63, 3.8) is 0 Å². The van der Waals surface area contributed by atoms with Crippen LogP contribution in [0.2, 0.25) is 0 Å². The number of carbonyl (C=O) groups is 19. The van der Waals surface area contributed by atoms with Gasteiger partial charge in [0.05, 0.1) is 19.4 Å². The molecule has 0 unspecified atom stereocenters. The quantitative estimate of drug-likeness (QED) is 0.00947. The van der Waals surface area contributed by atoms with Gasteiger partial charge in [-0.1, -0.05) is 58.0 Å². The van der Waals surface area contributed by atoms with Crippen LogP contribution in [0.5, 0.6) is 0 Å². The summed E-state index contributed by atoms with van der Waals surface area (Å²) in [7, 11) is 0. The molecule has 0 bridgehead atoms. The maximum atomic E-state index is 14.7. The van der Waals surface area contributed by atoms with Crippen molar-refractivity contribution in [2.24, 2.45) is 57.8 Å². The fraction of sp³-hybridized carbons (Fsp3) is 0.632. The molecule has 0 fully saturated rings. The predicted molar refractivity (Wildman–Crippen MR) is 457 cm³/mol. The van der Waals surface area contributed by atoms with Crippen molar-refractivity contribution in [1.82, 2.24) is 101 Å². The number of unbranched alkanes of at least 4 members (excludes halogenated alkanes) is 2. The zero-order valence-electron chi connectivity index (χ0n) is 72.4. The smallest absolute Gasteiger partial charge is 0.305 e. The highest BCUT2D eigenvalue weighted by Gasteiger charge is 2.38. The third-order valence-electron chi connectivity index (χ3n) is 18.8. The third kappa shape index (κ3) is 46.9. The van der Waals surface area contributed by atoms with E-state index >= 15 is 0 Å². The molecule has 50 nitrogen and oxygen atoms in total. The first-order valence-electron chi connectivity index (χ1n) is 41.2. The second-order valence-corrected chi connectivity index (χ2v) is 30.7. The van der Waals surface area contributed by atoms with E-state index in [2.05, 4.69) is 101 Å². The Morgan fingerprint density at radius 3 is 1.17 bits per heavy atom. The molecule has 18 amide bonds. The molecule has 1 aromatic rings. The van der Waals surface area contributed by atoms with E-state index in [1.165, 1.54) is 27.7 Å². The highest BCUT2D eigenvalue weighted by molar-refractivity contribution is 6.01. The molecule has 39 N–H and O–H groups in total. The number of benzene rings is 1. The number of amides is 18. The Bertz CT molecular complexity index is 3880. The first kappa shape index (κ1) is 111. The van der Waals surface area contributed by atoms with Gasteiger partial charge in [-0.15, -0.1) is 0 Å². The van der Waals surface area contributed by atoms with Gasteiger partial charge in [0.25, 0.3) is 0 Å². The molecule has 0 heterocycles. The van der Waals surface area contributed by atoms with Crippen LogP contribution in [0.25, 0.3) is 0 Å². The molecular formula is C76H132N30O20. The summed E-state index contributed by atoms with van der Waals surface area (Å²) in [4.78, 5) is 256. The van der Waals surface area contributed by atoms with E-state index in [0.717, 1.165) is 13.8 Å². The van der Waals surface area contributed by atoms with Gasteiger partial charge in [0.1, 0.15) is 84.6 Å². The van der Waals surface area contributed by atoms with Crippen molar-refractivity contribution >= 4 is 130 Å². The normalized spacial score (nSPS) is 14.3. The van der Waals surface area contributed by atoms with E-state index < -0.39 is 234 Å². The lowest BCUT2D eigenvalue weighted by molar-refractivity contribution is -0.142. The summed E-state index contributed by atoms with van der Waals surface area (Å²) < 4.78 is 0. The molecule has 0 aliphatic heterocycles. The van der Waals surface area contributed by atoms with E-state index in [0.29, 0.717) is 31.4 Å². The summed E-state index contributed by atoms with van der Waals surface area (Å²) in [5.74, 6) is -15.9. The first-order chi connectivity index (χ1) is 59.2. The number of carboxylic acids is 1. The molecule has 126 heavy (non-hydrogen) atoms. The maximum absolute atomic E-state index is 14.7. The number of carbonyl (C=O) groups excluding carboxylic acids is 18. The van der Waals surface area contributed by atoms with Crippen LogP contribution in [-0.2, 0) is 97.5 Å². The standard InChI is InChI=1S/C76H132N30O20/c1-38(2)33-51(70(123)100-49(24-17-30-89-75(83)84)66(119)97-45(60(80)113)26-27-55(78)108)102-61(114)40(5)93-57(110)37-91-64(117)46(21-12-14-28-77)99-67(120)48(23-16-29-88-74(81)82)98-62(115)41(6)94-69(122)52(34-44-19-10-9-11-20-44)104-68(121)50(25-18-31-90-76(85)86)101-71(124)53(35-56(79)109)103-63(116)42(7)95-73(126)59(39(3)4)106-72(125)54(36-58(111)112)105-65(118)47(96-43(8)107)22-13-15-32-92-87/h9-11,19-20,38-42,45-54,59,92H,12-18,21-37,77,87H2,1-8H3,(H2,78,108)(H2,79,109)(H2,80,113)(H,91,117)(H,93,110)(H,94,122)(H,95,126)(H,96,107)(H,97,119)(H,98,115)(H,99,120)(H,100,123)(H,101,124)(H,102,114)(H,103,116)(H,104,121)(H,105,118)(H,106,125)(H,111,112)(H4,81,82,88)(H4,83,84,89)(H4,85,86,90)/t40-,41-,42-,45-,46-,47-,48-,49-,50-,51-,52-,53-,54-,59-/m0/s1. The zero-order chi connectivity index (χ0) is 95.5. The number of guanidine groups is 3. The van der Waals surface area contributed by atoms with Crippen molar-refractivity contribution in [2.45, 2.75) is 256 Å².